The summed E-state index contributed by atoms with van der Waals surface area (Å²) < 4.78 is 11.1. The molecule has 4 N–H and O–H groups in total. The Hall–Kier alpha value is -1.30. The Kier molecular flexibility index (Phi) is 5.01. The molecule has 2 rings (SSSR count). The van der Waals surface area contributed by atoms with Crippen LogP contribution in [0.3, 0.4) is 0 Å². The molecule has 1 aromatic carbocycles. The Morgan fingerprint density at radius 1 is 1.42 bits per heavy atom. The van der Waals surface area contributed by atoms with Gasteiger partial charge in [-0.1, -0.05) is 6.07 Å². The van der Waals surface area contributed by atoms with Crippen molar-refractivity contribution >= 4 is 0 Å². The van der Waals surface area contributed by atoms with Crippen LogP contribution < -0.4 is 10.5 Å². The van der Waals surface area contributed by atoms with Gasteiger partial charge in [-0.15, -0.1) is 0 Å². The number of ether oxygens (including phenoxy) is 2. The maximum absolute atomic E-state index is 9.91. The Balaban J connectivity index is 1.97. The maximum Gasteiger partial charge on any atom is 0.199 e. The van der Waals surface area contributed by atoms with Crippen LogP contribution >= 0.6 is 0 Å². The van der Waals surface area contributed by atoms with E-state index in [1.165, 1.54) is 0 Å². The molecule has 106 valence electrons. The Morgan fingerprint density at radius 3 is 2.89 bits per heavy atom. The van der Waals surface area contributed by atoms with E-state index in [2.05, 4.69) is 0 Å². The normalized spacial score (nSPS) is 21.1. The second-order valence-corrected chi connectivity index (χ2v) is 4.85. The van der Waals surface area contributed by atoms with Crippen LogP contribution in [0.15, 0.2) is 18.2 Å². The predicted octanol–water partition coefficient (Wildman–Crippen LogP) is 1.16. The molecule has 0 amide bonds. The fraction of sp³-hybridized carbons (Fsp3) is 0.571. The van der Waals surface area contributed by atoms with Gasteiger partial charge in [0.05, 0.1) is 13.2 Å². The summed E-state index contributed by atoms with van der Waals surface area (Å²) in [6.07, 6.45) is 3.25. The summed E-state index contributed by atoms with van der Waals surface area (Å²) in [5.74, 6) is 0.725. The summed E-state index contributed by atoms with van der Waals surface area (Å²) in [6.45, 7) is 0.619. The second kappa shape index (κ2) is 6.75. The summed E-state index contributed by atoms with van der Waals surface area (Å²) in [4.78, 5) is 0. The van der Waals surface area contributed by atoms with Crippen LogP contribution in [-0.2, 0) is 11.2 Å². The lowest BCUT2D eigenvalue weighted by Gasteiger charge is -2.23. The highest BCUT2D eigenvalue weighted by molar-refractivity contribution is 5.40. The topological polar surface area (TPSA) is 84.9 Å². The van der Waals surface area contributed by atoms with Gasteiger partial charge < -0.3 is 25.4 Å². The van der Waals surface area contributed by atoms with Crippen molar-refractivity contribution in [3.63, 3.8) is 0 Å². The van der Waals surface area contributed by atoms with Gasteiger partial charge >= 0.3 is 0 Å². The third kappa shape index (κ3) is 4.09. The highest BCUT2D eigenvalue weighted by Gasteiger charge is 2.16. The van der Waals surface area contributed by atoms with Gasteiger partial charge in [0.1, 0.15) is 11.5 Å². The first-order chi connectivity index (χ1) is 9.19. The van der Waals surface area contributed by atoms with E-state index in [0.29, 0.717) is 17.7 Å². The zero-order chi connectivity index (χ0) is 13.7. The molecule has 1 saturated heterocycles. The fourth-order valence-corrected chi connectivity index (χ4v) is 2.09. The Morgan fingerprint density at radius 2 is 2.26 bits per heavy atom. The molecule has 5 heteroatoms. The summed E-state index contributed by atoms with van der Waals surface area (Å²) in [5.41, 5.74) is 6.36. The van der Waals surface area contributed by atoms with Gasteiger partial charge in [-0.05, 0) is 30.9 Å². The minimum absolute atomic E-state index is 0.104. The van der Waals surface area contributed by atoms with E-state index in [4.69, 9.17) is 20.3 Å². The molecule has 1 heterocycles. The molecule has 0 aromatic heterocycles. The summed E-state index contributed by atoms with van der Waals surface area (Å²) in [7, 11) is 0. The first kappa shape index (κ1) is 14.1. The van der Waals surface area contributed by atoms with Gasteiger partial charge in [0, 0.05) is 18.5 Å². The number of rotatable bonds is 5. The van der Waals surface area contributed by atoms with E-state index in [1.807, 2.05) is 0 Å². The van der Waals surface area contributed by atoms with Crippen molar-refractivity contribution in [3.8, 4) is 11.5 Å². The van der Waals surface area contributed by atoms with Crippen LogP contribution in [0.4, 0.5) is 0 Å². The quantitative estimate of drug-likeness (QED) is 0.745. The molecule has 2 atom stereocenters. The molecular weight excluding hydrogens is 246 g/mol. The van der Waals surface area contributed by atoms with Crippen molar-refractivity contribution in [1.82, 2.24) is 0 Å². The Bertz CT molecular complexity index is 404. The molecule has 1 aliphatic rings. The summed E-state index contributed by atoms with van der Waals surface area (Å²) in [6, 6.07) is 4.76. The van der Waals surface area contributed by atoms with Gasteiger partial charge in [0.15, 0.2) is 6.29 Å². The summed E-state index contributed by atoms with van der Waals surface area (Å²) in [5, 5.41) is 18.8. The molecule has 1 fully saturated rings. The largest absolute Gasteiger partial charge is 0.508 e. The van der Waals surface area contributed by atoms with Crippen LogP contribution in [0.5, 0.6) is 11.5 Å². The third-order valence-corrected chi connectivity index (χ3v) is 3.18. The van der Waals surface area contributed by atoms with Gasteiger partial charge in [-0.3, -0.25) is 0 Å². The number of benzene rings is 1. The third-order valence-electron chi connectivity index (χ3n) is 3.18. The molecule has 0 saturated carbocycles. The van der Waals surface area contributed by atoms with Crippen molar-refractivity contribution < 1.29 is 19.7 Å². The smallest absolute Gasteiger partial charge is 0.199 e. The first-order valence-corrected chi connectivity index (χ1v) is 6.65. The van der Waals surface area contributed by atoms with Gasteiger partial charge in [-0.25, -0.2) is 0 Å². The predicted molar refractivity (Wildman–Crippen MR) is 71.1 cm³/mol. The van der Waals surface area contributed by atoms with E-state index in [9.17, 15) is 5.11 Å². The number of phenolic OH excluding ortho intramolecular Hbond substituents is 1. The molecule has 1 aromatic rings. The number of aliphatic hydroxyl groups is 1. The number of phenols is 1. The lowest BCUT2D eigenvalue weighted by molar-refractivity contribution is -0.105. The molecule has 5 nitrogen and oxygen atoms in total. The molecule has 0 bridgehead atoms. The monoisotopic (exact) mass is 267 g/mol. The zero-order valence-electron chi connectivity index (χ0n) is 10.9. The minimum Gasteiger partial charge on any atom is -0.508 e. The average Bonchev–Trinajstić information content (AvgIpc) is 2.43. The standard InChI is InChI=1S/C14H21NO4/c15-11(9-16)7-10-4-5-12(8-13(10)17)19-14-3-1-2-6-18-14/h4-5,8,11,14,16-17H,1-3,6-7,9,15H2. The zero-order valence-corrected chi connectivity index (χ0v) is 10.9. The lowest BCUT2D eigenvalue weighted by Crippen LogP contribution is -2.27. The van der Waals surface area contributed by atoms with Crippen LogP contribution in [0, 0.1) is 0 Å². The van der Waals surface area contributed by atoms with Crippen molar-refractivity contribution in [3.05, 3.63) is 23.8 Å². The van der Waals surface area contributed by atoms with E-state index < -0.39 is 0 Å². The van der Waals surface area contributed by atoms with Gasteiger partial charge in [-0.2, -0.15) is 0 Å². The van der Waals surface area contributed by atoms with Crippen molar-refractivity contribution in [2.24, 2.45) is 5.73 Å². The minimum atomic E-state index is -0.362. The number of nitrogens with two attached hydrogens (primary N) is 1. The van der Waals surface area contributed by atoms with Crippen LogP contribution in [0.2, 0.25) is 0 Å². The first-order valence-electron chi connectivity index (χ1n) is 6.65. The van der Waals surface area contributed by atoms with E-state index in [0.717, 1.165) is 25.9 Å². The molecule has 2 unspecified atom stereocenters. The fourth-order valence-electron chi connectivity index (χ4n) is 2.09. The number of aliphatic hydroxyl groups excluding tert-OH is 1. The van der Waals surface area contributed by atoms with E-state index in [1.54, 1.807) is 18.2 Å². The molecule has 1 aliphatic heterocycles. The molecule has 0 spiro atoms. The Labute approximate surface area is 113 Å². The second-order valence-electron chi connectivity index (χ2n) is 4.85. The SMILES string of the molecule is NC(CO)Cc1ccc(OC2CCCCO2)cc1O. The van der Waals surface area contributed by atoms with Crippen molar-refractivity contribution in [2.45, 2.75) is 38.0 Å². The van der Waals surface area contributed by atoms with Crippen LogP contribution in [0.1, 0.15) is 24.8 Å². The van der Waals surface area contributed by atoms with E-state index >= 15 is 0 Å². The number of aromatic hydroxyl groups is 1. The average molecular weight is 267 g/mol. The van der Waals surface area contributed by atoms with Gasteiger partial charge in [0.2, 0.25) is 0 Å². The highest BCUT2D eigenvalue weighted by Crippen LogP contribution is 2.26. The molecule has 19 heavy (non-hydrogen) atoms. The number of hydrogen-bond acceptors (Lipinski definition) is 5. The molecule has 0 radical (unpaired) electrons. The van der Waals surface area contributed by atoms with Crippen molar-refractivity contribution in [1.29, 1.82) is 0 Å². The lowest BCUT2D eigenvalue weighted by atomic mass is 10.1. The van der Waals surface area contributed by atoms with Crippen LogP contribution in [0.25, 0.3) is 0 Å². The summed E-state index contributed by atoms with van der Waals surface area (Å²) >= 11 is 0. The molecular formula is C14H21NO4. The van der Waals surface area contributed by atoms with E-state index in [-0.39, 0.29) is 24.7 Å². The van der Waals surface area contributed by atoms with Crippen molar-refractivity contribution in [2.75, 3.05) is 13.2 Å². The highest BCUT2D eigenvalue weighted by atomic mass is 16.7. The maximum atomic E-state index is 9.91. The van der Waals surface area contributed by atoms with Crippen LogP contribution in [-0.4, -0.2) is 35.8 Å². The number of hydrogen-bond donors (Lipinski definition) is 3. The van der Waals surface area contributed by atoms with Gasteiger partial charge in [0.25, 0.3) is 0 Å². The molecule has 0 aliphatic carbocycles.